The van der Waals surface area contributed by atoms with Gasteiger partial charge in [-0.05, 0) is 57.8 Å². The second-order valence-electron chi connectivity index (χ2n) is 10.6. The Morgan fingerprint density at radius 3 is 1.89 bits per heavy atom. The third kappa shape index (κ3) is 31.6. The molecule has 0 saturated carbocycles. The monoisotopic (exact) mass is 639 g/mol. The van der Waals surface area contributed by atoms with Crippen LogP contribution in [0.2, 0.25) is 0 Å². The fourth-order valence-corrected chi connectivity index (χ4v) is 4.79. The van der Waals surface area contributed by atoms with E-state index in [2.05, 4.69) is 74.6 Å². The summed E-state index contributed by atoms with van der Waals surface area (Å²) in [5, 5.41) is 0. The van der Waals surface area contributed by atoms with Gasteiger partial charge < -0.3 is 20.1 Å². The van der Waals surface area contributed by atoms with E-state index in [1.54, 1.807) is 0 Å². The summed E-state index contributed by atoms with van der Waals surface area (Å²) in [6.45, 7) is 4.61. The van der Waals surface area contributed by atoms with Crippen molar-refractivity contribution in [2.45, 2.75) is 123 Å². The van der Waals surface area contributed by atoms with E-state index >= 15 is 0 Å². The number of esters is 1. The Bertz CT molecular complexity index is 854. The Morgan fingerprint density at radius 2 is 1.27 bits per heavy atom. The number of nitrogens with two attached hydrogens (primary N) is 1. The number of allylic oxidation sites excluding steroid dienone is 10. The molecule has 0 rings (SSSR count). The second-order valence-corrected chi connectivity index (χ2v) is 12.1. The van der Waals surface area contributed by atoms with Crippen LogP contribution in [0.1, 0.15) is 117 Å². The smallest absolute Gasteiger partial charge is 0.457 e. The van der Waals surface area contributed by atoms with Gasteiger partial charge >= 0.3 is 13.8 Å². The number of unbranched alkanes of at least 4 members (excludes halogenated alkanes) is 8. The van der Waals surface area contributed by atoms with Crippen LogP contribution in [0.4, 0.5) is 0 Å². The van der Waals surface area contributed by atoms with Crippen molar-refractivity contribution in [2.24, 2.45) is 5.73 Å². The third-order valence-electron chi connectivity index (χ3n) is 6.45. The van der Waals surface area contributed by atoms with Crippen LogP contribution in [0.5, 0.6) is 0 Å². The van der Waals surface area contributed by atoms with Gasteiger partial charge in [-0.15, -0.1) is 0 Å². The quantitative estimate of drug-likeness (QED) is 0.0334. The highest BCUT2D eigenvalue weighted by Gasteiger charge is 2.25. The molecule has 2 unspecified atom stereocenters. The molecule has 0 aromatic rings. The summed E-state index contributed by atoms with van der Waals surface area (Å²) in [4.78, 5) is 22.0. The predicted molar refractivity (Wildman–Crippen MR) is 182 cm³/mol. The first-order chi connectivity index (χ1) is 21.4. The Kier molecular flexibility index (Phi) is 31.3. The molecule has 0 aromatic carbocycles. The van der Waals surface area contributed by atoms with Crippen LogP contribution in [0, 0.1) is 0 Å². The number of rotatable bonds is 31. The summed E-state index contributed by atoms with van der Waals surface area (Å²) in [6.07, 6.45) is 37.0. The average molecular weight is 640 g/mol. The number of carbonyl (C=O) groups is 1. The van der Waals surface area contributed by atoms with Gasteiger partial charge in [-0.3, -0.25) is 13.8 Å². The standard InChI is InChI=1S/C35H62NO7P/c1-3-5-7-9-10-11-12-13-14-15-16-17-18-19-20-21-22-23-25-27-30-40-32-34(33-42-44(38,39)41-31-29-36)43-35(37)28-26-24-8-6-4-2/h5,7,10-11,13-14,16-17,19-20,34H,3-4,6,8-9,12,15,18,21-33,36H2,1-2H3,(H,38,39)/b7-5-,11-10-,14-13-,17-16-,20-19-. The van der Waals surface area contributed by atoms with Crippen LogP contribution < -0.4 is 5.73 Å². The minimum Gasteiger partial charge on any atom is -0.457 e. The van der Waals surface area contributed by atoms with Crippen molar-refractivity contribution in [1.29, 1.82) is 0 Å². The van der Waals surface area contributed by atoms with Crippen molar-refractivity contribution >= 4 is 13.8 Å². The minimum atomic E-state index is -4.26. The van der Waals surface area contributed by atoms with Crippen LogP contribution in [0.15, 0.2) is 60.8 Å². The van der Waals surface area contributed by atoms with E-state index in [-0.39, 0.29) is 32.3 Å². The molecule has 0 spiro atoms. The van der Waals surface area contributed by atoms with Gasteiger partial charge in [0.05, 0.1) is 19.8 Å². The van der Waals surface area contributed by atoms with E-state index in [0.717, 1.165) is 96.3 Å². The first-order valence-electron chi connectivity index (χ1n) is 16.8. The Morgan fingerprint density at radius 1 is 0.705 bits per heavy atom. The van der Waals surface area contributed by atoms with Gasteiger partial charge in [-0.1, -0.05) is 113 Å². The van der Waals surface area contributed by atoms with Gasteiger partial charge in [-0.25, -0.2) is 4.57 Å². The van der Waals surface area contributed by atoms with Crippen molar-refractivity contribution in [3.8, 4) is 0 Å². The molecule has 0 radical (unpaired) electrons. The lowest BCUT2D eigenvalue weighted by atomic mass is 10.1. The van der Waals surface area contributed by atoms with Crippen LogP contribution in [-0.2, 0) is 27.9 Å². The Labute approximate surface area is 268 Å². The molecule has 0 aliphatic carbocycles. The fourth-order valence-electron chi connectivity index (χ4n) is 4.02. The first-order valence-corrected chi connectivity index (χ1v) is 18.3. The van der Waals surface area contributed by atoms with E-state index < -0.39 is 13.9 Å². The van der Waals surface area contributed by atoms with Crippen molar-refractivity contribution in [3.63, 3.8) is 0 Å². The summed E-state index contributed by atoms with van der Waals surface area (Å²) < 4.78 is 32.9. The largest absolute Gasteiger partial charge is 0.472 e. The topological polar surface area (TPSA) is 117 Å². The highest BCUT2D eigenvalue weighted by atomic mass is 31.2. The van der Waals surface area contributed by atoms with Gasteiger partial charge in [0, 0.05) is 19.6 Å². The van der Waals surface area contributed by atoms with E-state index in [1.807, 2.05) is 0 Å². The maximum Gasteiger partial charge on any atom is 0.472 e. The number of carbonyl (C=O) groups excluding carboxylic acids is 1. The molecule has 0 aliphatic heterocycles. The molecule has 9 heteroatoms. The molecule has 8 nitrogen and oxygen atoms in total. The van der Waals surface area contributed by atoms with Crippen molar-refractivity contribution in [1.82, 2.24) is 0 Å². The van der Waals surface area contributed by atoms with Gasteiger partial charge in [0.2, 0.25) is 0 Å². The summed E-state index contributed by atoms with van der Waals surface area (Å²) >= 11 is 0. The van der Waals surface area contributed by atoms with E-state index in [9.17, 15) is 14.3 Å². The van der Waals surface area contributed by atoms with E-state index in [1.165, 1.54) is 0 Å². The van der Waals surface area contributed by atoms with E-state index in [0.29, 0.717) is 13.0 Å². The van der Waals surface area contributed by atoms with Crippen LogP contribution >= 0.6 is 7.82 Å². The molecular formula is C35H62NO7P. The normalized spacial score (nSPS) is 14.5. The third-order valence-corrected chi connectivity index (χ3v) is 7.43. The molecule has 0 heterocycles. The molecule has 0 aromatic heterocycles. The minimum absolute atomic E-state index is 0.0930. The Hall–Kier alpha value is -1.80. The summed E-state index contributed by atoms with van der Waals surface area (Å²) in [5.74, 6) is -0.357. The van der Waals surface area contributed by atoms with Crippen LogP contribution in [0.25, 0.3) is 0 Å². The molecular weight excluding hydrogens is 577 g/mol. The number of hydrogen-bond donors (Lipinski definition) is 2. The summed E-state index contributed by atoms with van der Waals surface area (Å²) in [7, 11) is -4.26. The molecule has 254 valence electrons. The highest BCUT2D eigenvalue weighted by Crippen LogP contribution is 2.43. The zero-order valence-corrected chi connectivity index (χ0v) is 28.5. The van der Waals surface area contributed by atoms with Gasteiger partial charge in [0.1, 0.15) is 6.10 Å². The molecule has 0 fully saturated rings. The van der Waals surface area contributed by atoms with Gasteiger partial charge in [0.15, 0.2) is 0 Å². The molecule has 0 aliphatic rings. The van der Waals surface area contributed by atoms with Crippen molar-refractivity contribution in [3.05, 3.63) is 60.8 Å². The molecule has 0 amide bonds. The fraction of sp³-hybridized carbons (Fsp3) is 0.686. The second kappa shape index (κ2) is 32.6. The number of ether oxygens (including phenoxy) is 2. The highest BCUT2D eigenvalue weighted by molar-refractivity contribution is 7.47. The van der Waals surface area contributed by atoms with Gasteiger partial charge in [0.25, 0.3) is 0 Å². The molecule has 0 saturated heterocycles. The molecule has 0 bridgehead atoms. The molecule has 3 N–H and O–H groups in total. The van der Waals surface area contributed by atoms with Crippen molar-refractivity contribution < 1.29 is 32.8 Å². The number of phosphoric acid groups is 1. The molecule has 2 atom stereocenters. The average Bonchev–Trinajstić information content (AvgIpc) is 3.01. The maximum atomic E-state index is 12.3. The van der Waals surface area contributed by atoms with Crippen LogP contribution in [0.3, 0.4) is 0 Å². The lowest BCUT2D eigenvalue weighted by Gasteiger charge is -2.20. The zero-order valence-electron chi connectivity index (χ0n) is 27.6. The lowest BCUT2D eigenvalue weighted by Crippen LogP contribution is -2.28. The predicted octanol–water partition coefficient (Wildman–Crippen LogP) is 9.07. The molecule has 44 heavy (non-hydrogen) atoms. The SMILES string of the molecule is CC/C=C\C/C=C\C/C=C\C/C=C\C/C=C\CCCCCCOCC(COP(=O)(O)OCCN)OC(=O)CCCCCCC. The van der Waals surface area contributed by atoms with Gasteiger partial charge in [-0.2, -0.15) is 0 Å². The first kappa shape index (κ1) is 42.2. The summed E-state index contributed by atoms with van der Waals surface area (Å²) in [6, 6.07) is 0. The van der Waals surface area contributed by atoms with Crippen LogP contribution in [-0.4, -0.2) is 49.9 Å². The maximum absolute atomic E-state index is 12.3. The Balaban J connectivity index is 4.05. The lowest BCUT2D eigenvalue weighted by molar-refractivity contribution is -0.154. The van der Waals surface area contributed by atoms with Crippen molar-refractivity contribution in [2.75, 3.05) is 33.0 Å². The number of phosphoric ester groups is 1. The zero-order chi connectivity index (χ0) is 32.4. The number of hydrogen-bond acceptors (Lipinski definition) is 7. The van der Waals surface area contributed by atoms with E-state index in [4.69, 9.17) is 24.3 Å². The summed E-state index contributed by atoms with van der Waals surface area (Å²) in [5.41, 5.74) is 5.31.